The highest BCUT2D eigenvalue weighted by atomic mass is 16.6. The average molecular weight is 318 g/mol. The molecule has 0 aromatic carbocycles. The summed E-state index contributed by atoms with van der Waals surface area (Å²) in [5.74, 6) is -0.405. The van der Waals surface area contributed by atoms with Crippen LogP contribution in [0.2, 0.25) is 0 Å². The molecule has 0 atom stereocenters. The first-order chi connectivity index (χ1) is 10.8. The topological polar surface area (TPSA) is 68.7 Å². The van der Waals surface area contributed by atoms with Gasteiger partial charge in [-0.25, -0.2) is 9.59 Å². The lowest BCUT2D eigenvalue weighted by Crippen LogP contribution is -2.39. The third kappa shape index (κ3) is 4.55. The zero-order valence-electron chi connectivity index (χ0n) is 14.0. The van der Waals surface area contributed by atoms with Crippen LogP contribution in [0.4, 0.5) is 4.79 Å². The first kappa shape index (κ1) is 17.0. The summed E-state index contributed by atoms with van der Waals surface area (Å²) in [6, 6.07) is 3.48. The summed E-state index contributed by atoms with van der Waals surface area (Å²) in [4.78, 5) is 29.4. The summed E-state index contributed by atoms with van der Waals surface area (Å²) < 4.78 is 10.0. The molecule has 1 aromatic heterocycles. The molecule has 0 N–H and O–H groups in total. The van der Waals surface area contributed by atoms with Crippen molar-refractivity contribution < 1.29 is 19.1 Å². The van der Waals surface area contributed by atoms with Crippen molar-refractivity contribution in [3.05, 3.63) is 35.7 Å². The largest absolute Gasteiger partial charge is 0.465 e. The van der Waals surface area contributed by atoms with Crippen LogP contribution in [0.5, 0.6) is 0 Å². The highest BCUT2D eigenvalue weighted by Crippen LogP contribution is 2.22. The van der Waals surface area contributed by atoms with Crippen molar-refractivity contribution in [3.8, 4) is 0 Å². The predicted molar refractivity (Wildman–Crippen MR) is 86.0 cm³/mol. The Balaban J connectivity index is 2.01. The maximum atomic E-state index is 12.0. The quantitative estimate of drug-likeness (QED) is 0.784. The molecule has 2 rings (SSSR count). The van der Waals surface area contributed by atoms with Crippen molar-refractivity contribution >= 4 is 17.6 Å². The second-order valence-electron chi connectivity index (χ2n) is 6.33. The number of amides is 1. The van der Waals surface area contributed by atoms with Crippen molar-refractivity contribution in [2.45, 2.75) is 32.8 Å². The number of rotatable bonds is 2. The molecule has 1 aliphatic heterocycles. The Bertz CT molecular complexity index is 614. The fourth-order valence-electron chi connectivity index (χ4n) is 2.22. The summed E-state index contributed by atoms with van der Waals surface area (Å²) in [6.07, 6.45) is 3.86. The number of hydrogen-bond donors (Lipinski definition) is 0. The first-order valence-corrected chi connectivity index (χ1v) is 7.52. The number of hydrogen-bond acceptors (Lipinski definition) is 5. The molecule has 0 aliphatic carbocycles. The maximum Gasteiger partial charge on any atom is 0.410 e. The molecule has 0 bridgehead atoms. The molecule has 2 heterocycles. The molecule has 0 fully saturated rings. The van der Waals surface area contributed by atoms with Gasteiger partial charge >= 0.3 is 12.1 Å². The van der Waals surface area contributed by atoms with Gasteiger partial charge in [0.1, 0.15) is 5.60 Å². The van der Waals surface area contributed by atoms with E-state index >= 15 is 0 Å². The van der Waals surface area contributed by atoms with E-state index < -0.39 is 11.6 Å². The van der Waals surface area contributed by atoms with Crippen LogP contribution in [0.1, 0.15) is 43.2 Å². The lowest BCUT2D eigenvalue weighted by Gasteiger charge is -2.29. The van der Waals surface area contributed by atoms with Gasteiger partial charge in [0.2, 0.25) is 0 Å². The van der Waals surface area contributed by atoms with E-state index in [1.54, 1.807) is 17.0 Å². The van der Waals surface area contributed by atoms with Crippen LogP contribution in [0, 0.1) is 0 Å². The maximum absolute atomic E-state index is 12.0. The van der Waals surface area contributed by atoms with E-state index in [0.29, 0.717) is 25.1 Å². The third-order valence-corrected chi connectivity index (χ3v) is 3.37. The zero-order valence-corrected chi connectivity index (χ0v) is 14.0. The van der Waals surface area contributed by atoms with Gasteiger partial charge in [-0.15, -0.1) is 0 Å². The Morgan fingerprint density at radius 1 is 1.26 bits per heavy atom. The number of carbonyl (C=O) groups excluding carboxylic acids is 2. The normalized spacial score (nSPS) is 15.0. The molecule has 1 amide bonds. The second kappa shape index (κ2) is 6.81. The second-order valence-corrected chi connectivity index (χ2v) is 6.33. The van der Waals surface area contributed by atoms with Gasteiger partial charge in [-0.1, -0.05) is 6.08 Å². The van der Waals surface area contributed by atoms with Crippen molar-refractivity contribution in [2.24, 2.45) is 0 Å². The van der Waals surface area contributed by atoms with Gasteiger partial charge in [-0.3, -0.25) is 4.98 Å². The lowest BCUT2D eigenvalue weighted by atomic mass is 10.0. The van der Waals surface area contributed by atoms with Crippen LogP contribution in [-0.4, -0.2) is 47.7 Å². The van der Waals surface area contributed by atoms with E-state index in [1.165, 1.54) is 13.3 Å². The number of pyridine rings is 1. The number of nitrogens with zero attached hydrogens (tertiary/aromatic N) is 2. The van der Waals surface area contributed by atoms with E-state index in [9.17, 15) is 9.59 Å². The van der Waals surface area contributed by atoms with E-state index in [1.807, 2.05) is 26.8 Å². The fraction of sp³-hybridized carbons (Fsp3) is 0.471. The molecular formula is C17H22N2O4. The molecule has 1 aromatic rings. The number of esters is 1. The minimum absolute atomic E-state index is 0.304. The molecule has 0 saturated heterocycles. The molecule has 0 radical (unpaired) electrons. The van der Waals surface area contributed by atoms with Gasteiger partial charge in [0.25, 0.3) is 0 Å². The van der Waals surface area contributed by atoms with Crippen molar-refractivity contribution in [3.63, 3.8) is 0 Å². The third-order valence-electron chi connectivity index (χ3n) is 3.37. The van der Waals surface area contributed by atoms with Gasteiger partial charge in [-0.05, 0) is 44.9 Å². The average Bonchev–Trinajstić information content (AvgIpc) is 2.53. The van der Waals surface area contributed by atoms with Gasteiger partial charge < -0.3 is 14.4 Å². The van der Waals surface area contributed by atoms with E-state index in [0.717, 1.165) is 11.3 Å². The molecule has 124 valence electrons. The van der Waals surface area contributed by atoms with Crippen LogP contribution in [0.15, 0.2) is 24.4 Å². The molecule has 23 heavy (non-hydrogen) atoms. The van der Waals surface area contributed by atoms with Crippen LogP contribution < -0.4 is 0 Å². The molecule has 0 spiro atoms. The highest BCUT2D eigenvalue weighted by Gasteiger charge is 2.24. The van der Waals surface area contributed by atoms with Crippen LogP contribution in [0.25, 0.3) is 5.57 Å². The van der Waals surface area contributed by atoms with Crippen molar-refractivity contribution in [2.75, 3.05) is 20.2 Å². The Kier molecular flexibility index (Phi) is 5.03. The van der Waals surface area contributed by atoms with Crippen LogP contribution >= 0.6 is 0 Å². The lowest BCUT2D eigenvalue weighted by molar-refractivity contribution is 0.0270. The number of aromatic nitrogens is 1. The number of ether oxygens (including phenoxy) is 2. The first-order valence-electron chi connectivity index (χ1n) is 7.52. The molecular weight excluding hydrogens is 296 g/mol. The molecule has 0 saturated carbocycles. The van der Waals surface area contributed by atoms with E-state index in [2.05, 4.69) is 9.72 Å². The van der Waals surface area contributed by atoms with Crippen molar-refractivity contribution in [1.29, 1.82) is 0 Å². The SMILES string of the molecule is COC(=O)c1ccc(C2=CCN(C(=O)OC(C)(C)C)CC2)nc1. The standard InChI is InChI=1S/C17H22N2O4/c1-17(2,3)23-16(21)19-9-7-12(8-10-19)14-6-5-13(11-18-14)15(20)22-4/h5-7,11H,8-10H2,1-4H3. The Morgan fingerprint density at radius 3 is 2.48 bits per heavy atom. The summed E-state index contributed by atoms with van der Waals surface area (Å²) >= 11 is 0. The number of carbonyl (C=O) groups is 2. The van der Waals surface area contributed by atoms with Crippen molar-refractivity contribution in [1.82, 2.24) is 9.88 Å². The van der Waals surface area contributed by atoms with Gasteiger partial charge in [-0.2, -0.15) is 0 Å². The summed E-state index contributed by atoms with van der Waals surface area (Å²) in [7, 11) is 1.34. The van der Waals surface area contributed by atoms with Gasteiger partial charge in [0.15, 0.2) is 0 Å². The zero-order chi connectivity index (χ0) is 17.0. The predicted octanol–water partition coefficient (Wildman–Crippen LogP) is 2.89. The summed E-state index contributed by atoms with van der Waals surface area (Å²) in [6.45, 7) is 6.63. The van der Waals surface area contributed by atoms with Crippen LogP contribution in [-0.2, 0) is 9.47 Å². The van der Waals surface area contributed by atoms with E-state index in [-0.39, 0.29) is 6.09 Å². The molecule has 6 heteroatoms. The summed E-state index contributed by atoms with van der Waals surface area (Å²) in [5, 5.41) is 0. The van der Waals surface area contributed by atoms with Gasteiger partial charge in [0.05, 0.1) is 18.4 Å². The minimum Gasteiger partial charge on any atom is -0.465 e. The molecule has 6 nitrogen and oxygen atoms in total. The Morgan fingerprint density at radius 2 is 2.00 bits per heavy atom. The highest BCUT2D eigenvalue weighted by molar-refractivity contribution is 5.89. The Hall–Kier alpha value is -2.37. The molecule has 1 aliphatic rings. The minimum atomic E-state index is -0.494. The monoisotopic (exact) mass is 318 g/mol. The smallest absolute Gasteiger partial charge is 0.410 e. The summed E-state index contributed by atoms with van der Waals surface area (Å²) in [5.41, 5.74) is 1.79. The van der Waals surface area contributed by atoms with Crippen LogP contribution in [0.3, 0.4) is 0 Å². The fourth-order valence-corrected chi connectivity index (χ4v) is 2.22. The Labute approximate surface area is 136 Å². The van der Waals surface area contributed by atoms with E-state index in [4.69, 9.17) is 4.74 Å². The number of methoxy groups -OCH3 is 1. The van der Waals surface area contributed by atoms with Gasteiger partial charge in [0, 0.05) is 19.3 Å². The molecule has 0 unspecified atom stereocenters.